The Kier molecular flexibility index (Phi) is 7.06. The molecule has 6 nitrogen and oxygen atoms in total. The van der Waals surface area contributed by atoms with Crippen molar-refractivity contribution in [3.63, 3.8) is 0 Å². The predicted octanol–water partition coefficient (Wildman–Crippen LogP) is 2.16. The summed E-state index contributed by atoms with van der Waals surface area (Å²) in [5.74, 6) is 0.542. The lowest BCUT2D eigenvalue weighted by molar-refractivity contribution is 0.0932. The first-order chi connectivity index (χ1) is 10.5. The van der Waals surface area contributed by atoms with Gasteiger partial charge in [0.05, 0.1) is 12.0 Å². The molecule has 0 saturated heterocycles. The van der Waals surface area contributed by atoms with E-state index in [0.717, 1.165) is 6.42 Å². The number of carbonyl (C=O) groups is 1. The lowest BCUT2D eigenvalue weighted by atomic mass is 10.0. The van der Waals surface area contributed by atoms with Gasteiger partial charge in [-0.05, 0) is 36.6 Å². The maximum Gasteiger partial charge on any atom is 0.261 e. The Morgan fingerprint density at radius 2 is 2.09 bits per heavy atom. The van der Waals surface area contributed by atoms with Crippen LogP contribution in [0.15, 0.2) is 39.7 Å². The normalized spacial score (nSPS) is 11.8. The summed E-state index contributed by atoms with van der Waals surface area (Å²) in [7, 11) is 0. The van der Waals surface area contributed by atoms with E-state index in [1.165, 1.54) is 12.3 Å². The van der Waals surface area contributed by atoms with E-state index in [4.69, 9.17) is 10.2 Å². The summed E-state index contributed by atoms with van der Waals surface area (Å²) >= 11 is 0. The molecule has 4 N–H and O–H groups in total. The maximum absolute atomic E-state index is 12.2. The van der Waals surface area contributed by atoms with Gasteiger partial charge in [0.25, 0.3) is 11.5 Å². The molecule has 1 unspecified atom stereocenters. The van der Waals surface area contributed by atoms with Gasteiger partial charge in [-0.2, -0.15) is 0 Å². The average molecular weight is 340 g/mol. The van der Waals surface area contributed by atoms with E-state index in [1.54, 1.807) is 18.2 Å². The second-order valence-electron chi connectivity index (χ2n) is 5.63. The maximum atomic E-state index is 12.2. The highest BCUT2D eigenvalue weighted by molar-refractivity contribution is 5.94. The Morgan fingerprint density at radius 1 is 1.35 bits per heavy atom. The minimum absolute atomic E-state index is 0. The van der Waals surface area contributed by atoms with Gasteiger partial charge in [0.2, 0.25) is 0 Å². The van der Waals surface area contributed by atoms with Crippen molar-refractivity contribution in [1.29, 1.82) is 0 Å². The lowest BCUT2D eigenvalue weighted by Gasteiger charge is -2.18. The number of aromatic amines is 1. The Bertz CT molecular complexity index is 680. The molecule has 7 heteroatoms. The van der Waals surface area contributed by atoms with E-state index < -0.39 is 11.5 Å². The van der Waals surface area contributed by atoms with Crippen LogP contribution in [-0.2, 0) is 0 Å². The summed E-state index contributed by atoms with van der Waals surface area (Å²) < 4.78 is 5.21. The zero-order valence-corrected chi connectivity index (χ0v) is 14.0. The number of amides is 1. The minimum Gasteiger partial charge on any atom is -0.463 e. The molecule has 0 aliphatic heterocycles. The molecule has 0 aliphatic carbocycles. The number of furan rings is 1. The Morgan fingerprint density at radius 3 is 2.61 bits per heavy atom. The highest BCUT2D eigenvalue weighted by Crippen LogP contribution is 2.15. The molecule has 1 atom stereocenters. The number of pyridine rings is 1. The largest absolute Gasteiger partial charge is 0.463 e. The summed E-state index contributed by atoms with van der Waals surface area (Å²) in [6, 6.07) is 6.46. The Balaban J connectivity index is 0.00000264. The van der Waals surface area contributed by atoms with Crippen LogP contribution in [0.2, 0.25) is 0 Å². The molecule has 126 valence electrons. The van der Waals surface area contributed by atoms with Crippen molar-refractivity contribution in [1.82, 2.24) is 10.3 Å². The minimum atomic E-state index is -0.452. The van der Waals surface area contributed by atoms with Crippen molar-refractivity contribution < 1.29 is 9.21 Å². The number of rotatable bonds is 6. The molecule has 2 aromatic rings. The molecular weight excluding hydrogens is 318 g/mol. The first-order valence-electron chi connectivity index (χ1n) is 7.29. The summed E-state index contributed by atoms with van der Waals surface area (Å²) in [5.41, 5.74) is 5.81. The molecule has 0 radical (unpaired) electrons. The number of aromatic nitrogens is 1. The van der Waals surface area contributed by atoms with Gasteiger partial charge in [0.15, 0.2) is 0 Å². The van der Waals surface area contributed by atoms with E-state index in [9.17, 15) is 9.59 Å². The number of hydrogen-bond acceptors (Lipinski definition) is 4. The van der Waals surface area contributed by atoms with Crippen molar-refractivity contribution in [2.75, 3.05) is 6.54 Å². The van der Waals surface area contributed by atoms with Gasteiger partial charge in [0.1, 0.15) is 11.3 Å². The van der Waals surface area contributed by atoms with Gasteiger partial charge in [-0.3, -0.25) is 9.59 Å². The quantitative estimate of drug-likeness (QED) is 0.750. The molecule has 2 rings (SSSR count). The first-order valence-corrected chi connectivity index (χ1v) is 7.29. The molecule has 1 amide bonds. The third-order valence-corrected chi connectivity index (χ3v) is 3.32. The monoisotopic (exact) mass is 339 g/mol. The van der Waals surface area contributed by atoms with Crippen LogP contribution in [0.3, 0.4) is 0 Å². The summed E-state index contributed by atoms with van der Waals surface area (Å²) in [4.78, 5) is 26.9. The third-order valence-electron chi connectivity index (χ3n) is 3.32. The smallest absolute Gasteiger partial charge is 0.261 e. The van der Waals surface area contributed by atoms with Crippen molar-refractivity contribution in [2.24, 2.45) is 11.7 Å². The Hall–Kier alpha value is -2.05. The number of H-pyrrole nitrogens is 1. The molecule has 0 bridgehead atoms. The zero-order valence-electron chi connectivity index (χ0n) is 13.2. The predicted molar refractivity (Wildman–Crippen MR) is 91.8 cm³/mol. The van der Waals surface area contributed by atoms with Crippen molar-refractivity contribution in [3.05, 3.63) is 46.4 Å². The van der Waals surface area contributed by atoms with Gasteiger partial charge in [-0.15, -0.1) is 12.4 Å². The van der Waals surface area contributed by atoms with Crippen LogP contribution in [0, 0.1) is 5.92 Å². The van der Waals surface area contributed by atoms with Crippen molar-refractivity contribution in [2.45, 2.75) is 26.3 Å². The number of halogens is 1. The van der Waals surface area contributed by atoms with Crippen molar-refractivity contribution >= 4 is 18.3 Å². The fourth-order valence-corrected chi connectivity index (χ4v) is 2.27. The van der Waals surface area contributed by atoms with Gasteiger partial charge in [-0.25, -0.2) is 0 Å². The molecule has 0 spiro atoms. The first kappa shape index (κ1) is 19.0. The Labute approximate surface area is 140 Å². The standard InChI is InChI=1S/C16H21N3O3.ClH/c1-10(2)8-11(9-17)18-15(20)12-5-6-13(19-16(12)21)14-4-3-7-22-14;/h3-7,10-11H,8-9,17H2,1-2H3,(H,18,20)(H,19,21);1H. The molecule has 0 aromatic carbocycles. The van der Waals surface area contributed by atoms with Gasteiger partial charge in [-0.1, -0.05) is 13.8 Å². The van der Waals surface area contributed by atoms with Crippen LogP contribution in [-0.4, -0.2) is 23.5 Å². The molecular formula is C16H22ClN3O3. The SMILES string of the molecule is CC(C)CC(CN)NC(=O)c1ccc(-c2ccco2)[nH]c1=O.Cl. The van der Waals surface area contributed by atoms with Gasteiger partial charge in [0, 0.05) is 12.6 Å². The molecule has 2 heterocycles. The fourth-order valence-electron chi connectivity index (χ4n) is 2.27. The highest BCUT2D eigenvalue weighted by atomic mass is 35.5. The summed E-state index contributed by atoms with van der Waals surface area (Å²) in [6.07, 6.45) is 2.29. The van der Waals surface area contributed by atoms with Crippen LogP contribution in [0.25, 0.3) is 11.5 Å². The van der Waals surface area contributed by atoms with E-state index in [1.807, 2.05) is 0 Å². The van der Waals surface area contributed by atoms with Crippen LogP contribution in [0.5, 0.6) is 0 Å². The van der Waals surface area contributed by atoms with Crippen LogP contribution in [0.1, 0.15) is 30.6 Å². The number of nitrogens with two attached hydrogens (primary N) is 1. The number of carbonyl (C=O) groups excluding carboxylic acids is 1. The topological polar surface area (TPSA) is 101 Å². The van der Waals surface area contributed by atoms with E-state index in [0.29, 0.717) is 23.9 Å². The van der Waals surface area contributed by atoms with Crippen LogP contribution in [0.4, 0.5) is 0 Å². The summed E-state index contributed by atoms with van der Waals surface area (Å²) in [6.45, 7) is 4.45. The van der Waals surface area contributed by atoms with Crippen LogP contribution < -0.4 is 16.6 Å². The highest BCUT2D eigenvalue weighted by Gasteiger charge is 2.17. The third kappa shape index (κ3) is 4.97. The number of hydrogen-bond donors (Lipinski definition) is 3. The van der Waals surface area contributed by atoms with Crippen molar-refractivity contribution in [3.8, 4) is 11.5 Å². The lowest BCUT2D eigenvalue weighted by Crippen LogP contribution is -2.42. The molecule has 2 aromatic heterocycles. The molecule has 0 aliphatic rings. The summed E-state index contributed by atoms with van der Waals surface area (Å²) in [5, 5.41) is 2.80. The van der Waals surface area contributed by atoms with Crippen LogP contribution >= 0.6 is 12.4 Å². The van der Waals surface area contributed by atoms with E-state index in [2.05, 4.69) is 24.1 Å². The molecule has 0 fully saturated rings. The molecule has 23 heavy (non-hydrogen) atoms. The fraction of sp³-hybridized carbons (Fsp3) is 0.375. The van der Waals surface area contributed by atoms with E-state index >= 15 is 0 Å². The second-order valence-corrected chi connectivity index (χ2v) is 5.63. The van der Waals surface area contributed by atoms with Gasteiger partial charge < -0.3 is 20.5 Å². The molecule has 0 saturated carbocycles. The average Bonchev–Trinajstić information content (AvgIpc) is 2.99. The zero-order chi connectivity index (χ0) is 16.1. The van der Waals surface area contributed by atoms with E-state index in [-0.39, 0.29) is 24.0 Å². The second kappa shape index (κ2) is 8.55. The number of nitrogens with one attached hydrogen (secondary N) is 2. The van der Waals surface area contributed by atoms with Gasteiger partial charge >= 0.3 is 0 Å².